The fraction of sp³-hybridized carbons (Fsp3) is 0.444. The molecule has 2 aromatic carbocycles. The van der Waals surface area contributed by atoms with E-state index in [0.717, 1.165) is 55.8 Å². The van der Waals surface area contributed by atoms with Crippen molar-refractivity contribution in [3.8, 4) is 11.5 Å². The second kappa shape index (κ2) is 8.75. The highest BCUT2D eigenvalue weighted by Crippen LogP contribution is 2.38. The van der Waals surface area contributed by atoms with Crippen molar-refractivity contribution in [1.29, 1.82) is 0 Å². The number of ether oxygens (including phenoxy) is 2. The number of fused-ring (bicyclic) bond motifs is 2. The van der Waals surface area contributed by atoms with Crippen molar-refractivity contribution in [1.82, 2.24) is 10.2 Å². The molecule has 0 aliphatic carbocycles. The van der Waals surface area contributed by atoms with Crippen LogP contribution >= 0.6 is 0 Å². The van der Waals surface area contributed by atoms with Crippen LogP contribution in [0.3, 0.4) is 0 Å². The topological polar surface area (TPSA) is 63.9 Å². The van der Waals surface area contributed by atoms with Crippen molar-refractivity contribution in [2.75, 3.05) is 26.7 Å². The van der Waals surface area contributed by atoms with Gasteiger partial charge in [0, 0.05) is 30.5 Å². The highest BCUT2D eigenvalue weighted by atomic mass is 16.5. The Morgan fingerprint density at radius 1 is 1.18 bits per heavy atom. The molecule has 0 unspecified atom stereocenters. The maximum atomic E-state index is 12.6. The quantitative estimate of drug-likeness (QED) is 0.587. The molecule has 3 aromatic rings. The molecular formula is C27H32N2O4. The Morgan fingerprint density at radius 3 is 2.79 bits per heavy atom. The molecule has 0 saturated carbocycles. The molecule has 1 fully saturated rings. The van der Waals surface area contributed by atoms with E-state index >= 15 is 0 Å². The third-order valence-electron chi connectivity index (χ3n) is 6.77. The Kier molecular flexibility index (Phi) is 5.79. The van der Waals surface area contributed by atoms with E-state index in [1.165, 1.54) is 11.1 Å². The molecule has 2 aliphatic heterocycles. The van der Waals surface area contributed by atoms with Crippen LogP contribution in [0.1, 0.15) is 48.4 Å². The number of hydrogen-bond acceptors (Lipinski definition) is 5. The van der Waals surface area contributed by atoms with Gasteiger partial charge in [0.2, 0.25) is 0 Å². The van der Waals surface area contributed by atoms with E-state index < -0.39 is 0 Å². The third kappa shape index (κ3) is 4.71. The van der Waals surface area contributed by atoms with E-state index in [1.54, 1.807) is 13.2 Å². The van der Waals surface area contributed by atoms with Crippen molar-refractivity contribution >= 4 is 16.9 Å². The second-order valence-corrected chi connectivity index (χ2v) is 9.89. The summed E-state index contributed by atoms with van der Waals surface area (Å²) in [7, 11) is 1.63. The molecule has 1 amide bonds. The number of furan rings is 1. The highest BCUT2D eigenvalue weighted by molar-refractivity contribution is 5.96. The maximum Gasteiger partial charge on any atom is 0.287 e. The number of carbonyl (C=O) groups is 1. The van der Waals surface area contributed by atoms with Gasteiger partial charge in [0.05, 0.1) is 7.11 Å². The van der Waals surface area contributed by atoms with E-state index in [-0.39, 0.29) is 11.5 Å². The summed E-state index contributed by atoms with van der Waals surface area (Å²) in [4.78, 5) is 15.1. The average molecular weight is 449 g/mol. The first kappa shape index (κ1) is 21.8. The molecule has 0 atom stereocenters. The van der Waals surface area contributed by atoms with Crippen molar-refractivity contribution in [3.63, 3.8) is 0 Å². The molecule has 0 spiro atoms. The zero-order valence-electron chi connectivity index (χ0n) is 19.6. The van der Waals surface area contributed by atoms with Crippen LogP contribution in [0.5, 0.6) is 11.5 Å². The number of carbonyl (C=O) groups excluding carboxylic acids is 1. The van der Waals surface area contributed by atoms with Gasteiger partial charge in [-0.25, -0.2) is 0 Å². The van der Waals surface area contributed by atoms with E-state index in [2.05, 4.69) is 42.3 Å². The smallest absolute Gasteiger partial charge is 0.287 e. The molecule has 1 aromatic heterocycles. The van der Waals surface area contributed by atoms with Gasteiger partial charge in [-0.05, 0) is 75.5 Å². The van der Waals surface area contributed by atoms with Crippen LogP contribution in [-0.4, -0.2) is 43.2 Å². The van der Waals surface area contributed by atoms with Crippen molar-refractivity contribution < 1.29 is 18.7 Å². The minimum atomic E-state index is -0.160. The predicted molar refractivity (Wildman–Crippen MR) is 128 cm³/mol. The summed E-state index contributed by atoms with van der Waals surface area (Å²) in [6.45, 7) is 7.94. The van der Waals surface area contributed by atoms with Crippen LogP contribution in [-0.2, 0) is 13.0 Å². The van der Waals surface area contributed by atoms with Gasteiger partial charge in [-0.3, -0.25) is 9.69 Å². The normalized spacial score (nSPS) is 18.2. The molecular weight excluding hydrogens is 416 g/mol. The highest BCUT2D eigenvalue weighted by Gasteiger charge is 2.32. The molecule has 2 aliphatic rings. The lowest BCUT2D eigenvalue weighted by atomic mass is 9.96. The van der Waals surface area contributed by atoms with E-state index in [0.29, 0.717) is 23.8 Å². The van der Waals surface area contributed by atoms with Crippen LogP contribution in [0, 0.1) is 5.92 Å². The number of nitrogens with one attached hydrogen (secondary N) is 1. The van der Waals surface area contributed by atoms with Gasteiger partial charge in [-0.2, -0.15) is 0 Å². The number of amides is 1. The van der Waals surface area contributed by atoms with Gasteiger partial charge >= 0.3 is 0 Å². The molecule has 33 heavy (non-hydrogen) atoms. The Labute approximate surface area is 194 Å². The number of benzene rings is 2. The van der Waals surface area contributed by atoms with Crippen LogP contribution < -0.4 is 14.8 Å². The van der Waals surface area contributed by atoms with Crippen molar-refractivity contribution in [2.24, 2.45) is 5.92 Å². The van der Waals surface area contributed by atoms with E-state index in [1.807, 2.05) is 18.2 Å². The number of methoxy groups -OCH3 is 1. The van der Waals surface area contributed by atoms with Gasteiger partial charge in [0.1, 0.15) is 22.7 Å². The largest absolute Gasteiger partial charge is 0.497 e. The molecule has 5 rings (SSSR count). The van der Waals surface area contributed by atoms with Crippen molar-refractivity contribution in [3.05, 3.63) is 59.4 Å². The first-order chi connectivity index (χ1) is 15.9. The maximum absolute atomic E-state index is 12.6. The fourth-order valence-electron chi connectivity index (χ4n) is 4.98. The van der Waals surface area contributed by atoms with Crippen LogP contribution in [0.4, 0.5) is 0 Å². The first-order valence-electron chi connectivity index (χ1n) is 11.8. The van der Waals surface area contributed by atoms with E-state index in [4.69, 9.17) is 13.9 Å². The minimum absolute atomic E-state index is 0.116. The van der Waals surface area contributed by atoms with Crippen LogP contribution in [0.25, 0.3) is 11.0 Å². The average Bonchev–Trinajstić information content (AvgIpc) is 3.37. The number of nitrogens with zero attached hydrogens (tertiary/aromatic N) is 1. The second-order valence-electron chi connectivity index (χ2n) is 9.89. The lowest BCUT2D eigenvalue weighted by Crippen LogP contribution is -2.38. The van der Waals surface area contributed by atoms with Gasteiger partial charge in [-0.15, -0.1) is 0 Å². The Bertz CT molecular complexity index is 1160. The van der Waals surface area contributed by atoms with E-state index in [9.17, 15) is 4.79 Å². The summed E-state index contributed by atoms with van der Waals surface area (Å²) in [5.41, 5.74) is 3.18. The predicted octanol–water partition coefficient (Wildman–Crippen LogP) is 4.80. The molecule has 6 nitrogen and oxygen atoms in total. The number of piperidine rings is 1. The van der Waals surface area contributed by atoms with Gasteiger partial charge in [0.15, 0.2) is 5.76 Å². The van der Waals surface area contributed by atoms with Crippen molar-refractivity contribution in [2.45, 2.75) is 45.3 Å². The summed E-state index contributed by atoms with van der Waals surface area (Å²) >= 11 is 0. The van der Waals surface area contributed by atoms with Gasteiger partial charge < -0.3 is 19.2 Å². The minimum Gasteiger partial charge on any atom is -0.497 e. The Hall–Kier alpha value is -2.99. The summed E-state index contributed by atoms with van der Waals surface area (Å²) < 4.78 is 17.2. The molecule has 3 heterocycles. The Balaban J connectivity index is 1.12. The Morgan fingerprint density at radius 2 is 2.00 bits per heavy atom. The third-order valence-corrected chi connectivity index (χ3v) is 6.77. The zero-order chi connectivity index (χ0) is 23.0. The van der Waals surface area contributed by atoms with Crippen LogP contribution in [0.15, 0.2) is 46.9 Å². The standard InChI is InChI=1S/C27H32N2O4/c1-27(2)15-19-5-4-6-20(25(19)33-27)17-29-11-9-18(10-12-29)16-28-26(30)24-14-21-13-22(31-3)7-8-23(21)32-24/h4-8,13-14,18H,9-12,15-17H2,1-3H3,(H,28,30). The first-order valence-corrected chi connectivity index (χ1v) is 11.8. The summed E-state index contributed by atoms with van der Waals surface area (Å²) in [6.07, 6.45) is 3.11. The fourth-order valence-corrected chi connectivity index (χ4v) is 4.98. The monoisotopic (exact) mass is 448 g/mol. The lowest BCUT2D eigenvalue weighted by Gasteiger charge is -2.32. The summed E-state index contributed by atoms with van der Waals surface area (Å²) in [5.74, 6) is 2.49. The number of para-hydroxylation sites is 1. The SMILES string of the molecule is COc1ccc2oc(C(=O)NCC3CCN(Cc4cccc5c4OC(C)(C)C5)CC3)cc2c1. The van der Waals surface area contributed by atoms with Crippen LogP contribution in [0.2, 0.25) is 0 Å². The molecule has 6 heteroatoms. The molecule has 0 radical (unpaired) electrons. The number of likely N-dealkylation sites (tertiary alicyclic amines) is 1. The van der Waals surface area contributed by atoms with Gasteiger partial charge in [-0.1, -0.05) is 18.2 Å². The van der Waals surface area contributed by atoms with Gasteiger partial charge in [0.25, 0.3) is 5.91 Å². The lowest BCUT2D eigenvalue weighted by molar-refractivity contribution is 0.0908. The molecule has 174 valence electrons. The number of hydrogen-bond donors (Lipinski definition) is 1. The number of rotatable bonds is 6. The molecule has 0 bridgehead atoms. The summed E-state index contributed by atoms with van der Waals surface area (Å²) in [5, 5.41) is 3.93. The molecule has 1 N–H and O–H groups in total. The summed E-state index contributed by atoms with van der Waals surface area (Å²) in [6, 6.07) is 13.8. The zero-order valence-corrected chi connectivity index (χ0v) is 19.6. The molecule has 1 saturated heterocycles.